The highest BCUT2D eigenvalue weighted by Gasteiger charge is 2.25. The van der Waals surface area contributed by atoms with Gasteiger partial charge in [0.1, 0.15) is 6.04 Å². The second-order valence-corrected chi connectivity index (χ2v) is 4.49. The normalized spacial score (nSPS) is 29.6. The predicted molar refractivity (Wildman–Crippen MR) is 60.7 cm³/mol. The van der Waals surface area contributed by atoms with Crippen LogP contribution in [0.4, 0.5) is 0 Å². The van der Waals surface area contributed by atoms with Crippen LogP contribution in [0.1, 0.15) is 38.5 Å². The van der Waals surface area contributed by atoms with Gasteiger partial charge in [-0.05, 0) is 32.1 Å². The third kappa shape index (κ3) is 2.84. The molecule has 2 amide bonds. The molecular formula is C12H18N2O2. The lowest BCUT2D eigenvalue weighted by atomic mass is 10.0. The van der Waals surface area contributed by atoms with Crippen molar-refractivity contribution in [2.24, 2.45) is 0 Å². The first-order valence-corrected chi connectivity index (χ1v) is 6.02. The average molecular weight is 222 g/mol. The molecule has 0 spiro atoms. The summed E-state index contributed by atoms with van der Waals surface area (Å²) >= 11 is 0. The van der Waals surface area contributed by atoms with Crippen LogP contribution in [-0.2, 0) is 9.59 Å². The molecule has 1 fully saturated rings. The Bertz CT molecular complexity index is 312. The highest BCUT2D eigenvalue weighted by molar-refractivity contribution is 5.88. The summed E-state index contributed by atoms with van der Waals surface area (Å²) in [6.45, 7) is 0. The molecule has 0 radical (unpaired) electrons. The Morgan fingerprint density at radius 2 is 2.25 bits per heavy atom. The van der Waals surface area contributed by atoms with Gasteiger partial charge in [-0.15, -0.1) is 0 Å². The lowest BCUT2D eigenvalue weighted by molar-refractivity contribution is -0.131. The van der Waals surface area contributed by atoms with Gasteiger partial charge in [-0.25, -0.2) is 0 Å². The van der Waals surface area contributed by atoms with E-state index in [0.717, 1.165) is 32.1 Å². The molecule has 1 aliphatic carbocycles. The van der Waals surface area contributed by atoms with E-state index in [-0.39, 0.29) is 23.9 Å². The zero-order valence-electron chi connectivity index (χ0n) is 9.37. The van der Waals surface area contributed by atoms with Crippen LogP contribution in [0, 0.1) is 0 Å². The minimum Gasteiger partial charge on any atom is -0.348 e. The van der Waals surface area contributed by atoms with Crippen LogP contribution >= 0.6 is 0 Å². The number of amides is 2. The molecule has 2 N–H and O–H groups in total. The van der Waals surface area contributed by atoms with E-state index in [1.165, 1.54) is 0 Å². The minimum atomic E-state index is -0.323. The van der Waals surface area contributed by atoms with Gasteiger partial charge in [-0.1, -0.05) is 12.2 Å². The molecule has 1 unspecified atom stereocenters. The number of piperidine rings is 1. The van der Waals surface area contributed by atoms with E-state index in [2.05, 4.69) is 16.7 Å². The van der Waals surface area contributed by atoms with Crippen molar-refractivity contribution in [3.8, 4) is 0 Å². The van der Waals surface area contributed by atoms with Crippen LogP contribution in [0.5, 0.6) is 0 Å². The molecule has 0 aromatic carbocycles. The zero-order valence-corrected chi connectivity index (χ0v) is 9.37. The maximum atomic E-state index is 11.9. The van der Waals surface area contributed by atoms with E-state index in [1.807, 2.05) is 6.08 Å². The van der Waals surface area contributed by atoms with Gasteiger partial charge in [0.05, 0.1) is 0 Å². The monoisotopic (exact) mass is 222 g/mol. The molecule has 0 aromatic heterocycles. The topological polar surface area (TPSA) is 58.2 Å². The van der Waals surface area contributed by atoms with Crippen molar-refractivity contribution < 1.29 is 9.59 Å². The van der Waals surface area contributed by atoms with Crippen molar-refractivity contribution >= 4 is 11.8 Å². The molecule has 4 heteroatoms. The standard InChI is InChI=1S/C12H18N2O2/c15-11-8-4-7-10(14-11)12(16)13-9-5-2-1-3-6-9/h2,5,9-10H,1,3-4,6-8H2,(H,13,16)(H,14,15)/t9?,10-/m1/s1. The molecule has 1 aliphatic heterocycles. The molecule has 4 nitrogen and oxygen atoms in total. The third-order valence-corrected chi connectivity index (χ3v) is 3.13. The molecule has 2 atom stereocenters. The SMILES string of the molecule is O=C1CCC[C@H](C(=O)NC2C=CCCC2)N1. The fourth-order valence-electron chi connectivity index (χ4n) is 2.22. The van der Waals surface area contributed by atoms with E-state index >= 15 is 0 Å². The van der Waals surface area contributed by atoms with Gasteiger partial charge in [0.25, 0.3) is 0 Å². The average Bonchev–Trinajstić information content (AvgIpc) is 2.30. The summed E-state index contributed by atoms with van der Waals surface area (Å²) in [6, 6.07) is -0.170. The summed E-state index contributed by atoms with van der Waals surface area (Å²) < 4.78 is 0. The maximum absolute atomic E-state index is 11.9. The second kappa shape index (κ2) is 5.14. The number of hydrogen-bond donors (Lipinski definition) is 2. The first-order chi connectivity index (χ1) is 7.75. The molecule has 1 heterocycles. The molecule has 88 valence electrons. The van der Waals surface area contributed by atoms with Gasteiger partial charge in [-0.2, -0.15) is 0 Å². The second-order valence-electron chi connectivity index (χ2n) is 4.49. The van der Waals surface area contributed by atoms with Crippen LogP contribution in [0.25, 0.3) is 0 Å². The van der Waals surface area contributed by atoms with E-state index < -0.39 is 0 Å². The van der Waals surface area contributed by atoms with E-state index in [0.29, 0.717) is 6.42 Å². The molecular weight excluding hydrogens is 204 g/mol. The van der Waals surface area contributed by atoms with E-state index in [9.17, 15) is 9.59 Å². The molecule has 16 heavy (non-hydrogen) atoms. The molecule has 2 aliphatic rings. The van der Waals surface area contributed by atoms with Gasteiger partial charge in [0, 0.05) is 12.5 Å². The quantitative estimate of drug-likeness (QED) is 0.681. The Morgan fingerprint density at radius 1 is 1.38 bits per heavy atom. The van der Waals surface area contributed by atoms with Gasteiger partial charge in [-0.3, -0.25) is 9.59 Å². The fraction of sp³-hybridized carbons (Fsp3) is 0.667. The highest BCUT2D eigenvalue weighted by Crippen LogP contribution is 2.12. The van der Waals surface area contributed by atoms with Gasteiger partial charge >= 0.3 is 0 Å². The van der Waals surface area contributed by atoms with Gasteiger partial charge in [0.15, 0.2) is 0 Å². The lowest BCUT2D eigenvalue weighted by Gasteiger charge is -2.25. The molecule has 1 saturated heterocycles. The summed E-state index contributed by atoms with van der Waals surface area (Å²) in [7, 11) is 0. The van der Waals surface area contributed by atoms with Crippen molar-refractivity contribution in [3.63, 3.8) is 0 Å². The Morgan fingerprint density at radius 3 is 2.94 bits per heavy atom. The third-order valence-electron chi connectivity index (χ3n) is 3.13. The Balaban J connectivity index is 1.84. The first-order valence-electron chi connectivity index (χ1n) is 6.02. The fourth-order valence-corrected chi connectivity index (χ4v) is 2.22. The summed E-state index contributed by atoms with van der Waals surface area (Å²) in [5.74, 6) is -0.0461. The Hall–Kier alpha value is -1.32. The number of carbonyl (C=O) groups excluding carboxylic acids is 2. The maximum Gasteiger partial charge on any atom is 0.243 e. The van der Waals surface area contributed by atoms with Crippen LogP contribution in [0.3, 0.4) is 0 Å². The van der Waals surface area contributed by atoms with Crippen molar-refractivity contribution in [3.05, 3.63) is 12.2 Å². The number of nitrogens with one attached hydrogen (secondary N) is 2. The number of hydrogen-bond acceptors (Lipinski definition) is 2. The van der Waals surface area contributed by atoms with E-state index in [1.54, 1.807) is 0 Å². The molecule has 0 bridgehead atoms. The number of allylic oxidation sites excluding steroid dienone is 1. The highest BCUT2D eigenvalue weighted by atomic mass is 16.2. The Labute approximate surface area is 95.5 Å². The van der Waals surface area contributed by atoms with Crippen molar-refractivity contribution in [2.45, 2.75) is 50.6 Å². The van der Waals surface area contributed by atoms with Crippen molar-refractivity contribution in [1.82, 2.24) is 10.6 Å². The van der Waals surface area contributed by atoms with Crippen molar-refractivity contribution in [2.75, 3.05) is 0 Å². The summed E-state index contributed by atoms with van der Waals surface area (Å²) in [5.41, 5.74) is 0. The zero-order chi connectivity index (χ0) is 11.4. The smallest absolute Gasteiger partial charge is 0.243 e. The largest absolute Gasteiger partial charge is 0.348 e. The molecule has 2 rings (SSSR count). The minimum absolute atomic E-state index is 0.00872. The summed E-state index contributed by atoms with van der Waals surface area (Å²) in [6.07, 6.45) is 9.50. The number of rotatable bonds is 2. The number of carbonyl (C=O) groups is 2. The predicted octanol–water partition coefficient (Wildman–Crippen LogP) is 0.880. The van der Waals surface area contributed by atoms with Crippen LogP contribution in [-0.4, -0.2) is 23.9 Å². The molecule has 0 saturated carbocycles. The van der Waals surface area contributed by atoms with Crippen LogP contribution in [0.15, 0.2) is 12.2 Å². The first kappa shape index (κ1) is 11.2. The molecule has 0 aromatic rings. The van der Waals surface area contributed by atoms with Gasteiger partial charge in [0.2, 0.25) is 11.8 Å². The van der Waals surface area contributed by atoms with Crippen LogP contribution in [0.2, 0.25) is 0 Å². The summed E-state index contributed by atoms with van der Waals surface area (Å²) in [4.78, 5) is 23.0. The lowest BCUT2D eigenvalue weighted by Crippen LogP contribution is -2.51. The summed E-state index contributed by atoms with van der Waals surface area (Å²) in [5, 5.41) is 5.70. The van der Waals surface area contributed by atoms with Crippen molar-refractivity contribution in [1.29, 1.82) is 0 Å². The Kier molecular flexibility index (Phi) is 3.59. The van der Waals surface area contributed by atoms with E-state index in [4.69, 9.17) is 0 Å². The van der Waals surface area contributed by atoms with Gasteiger partial charge < -0.3 is 10.6 Å². The van der Waals surface area contributed by atoms with Crippen LogP contribution < -0.4 is 10.6 Å².